The Labute approximate surface area is 169 Å². The Hall–Kier alpha value is -2.54. The number of hydrogen-bond acceptors (Lipinski definition) is 4. The van der Waals surface area contributed by atoms with Crippen molar-refractivity contribution in [3.8, 4) is 0 Å². The highest BCUT2D eigenvalue weighted by atomic mass is 32.1. The summed E-state index contributed by atoms with van der Waals surface area (Å²) < 4.78 is 2.76. The van der Waals surface area contributed by atoms with Crippen molar-refractivity contribution in [3.63, 3.8) is 0 Å². The number of carbonyl (C=O) groups is 1. The molecule has 2 aromatic heterocycles. The predicted octanol–water partition coefficient (Wildman–Crippen LogP) is 4.40. The number of rotatable bonds is 3. The van der Waals surface area contributed by atoms with Gasteiger partial charge in [-0.05, 0) is 58.0 Å². The zero-order valence-electron chi connectivity index (χ0n) is 16.5. The summed E-state index contributed by atoms with van der Waals surface area (Å²) in [7, 11) is 0. The van der Waals surface area contributed by atoms with Crippen molar-refractivity contribution in [2.45, 2.75) is 45.6 Å². The lowest BCUT2D eigenvalue weighted by Gasteiger charge is -2.32. The van der Waals surface area contributed by atoms with Gasteiger partial charge < -0.3 is 9.47 Å². The van der Waals surface area contributed by atoms with Gasteiger partial charge in [0.2, 0.25) is 0 Å². The lowest BCUT2D eigenvalue weighted by molar-refractivity contribution is 0.0711. The first kappa shape index (κ1) is 18.8. The molecule has 0 radical (unpaired) electrons. The molecule has 7 heteroatoms. The second-order valence-electron chi connectivity index (χ2n) is 7.75. The molecule has 0 bridgehead atoms. The third-order valence-corrected chi connectivity index (χ3v) is 5.76. The molecule has 1 fully saturated rings. The van der Waals surface area contributed by atoms with Crippen molar-refractivity contribution in [2.24, 2.45) is 0 Å². The number of aromatic nitrogens is 4. The second kappa shape index (κ2) is 7.47. The molecular weight excluding hydrogens is 370 g/mol. The Morgan fingerprint density at radius 2 is 1.96 bits per heavy atom. The highest BCUT2D eigenvalue weighted by Gasteiger charge is 2.29. The van der Waals surface area contributed by atoms with E-state index in [0.717, 1.165) is 53.9 Å². The molecule has 1 N–H and O–H groups in total. The zero-order chi connectivity index (χ0) is 19.8. The van der Waals surface area contributed by atoms with E-state index in [1.165, 1.54) is 0 Å². The fourth-order valence-electron chi connectivity index (χ4n) is 4.10. The Kier molecular flexibility index (Phi) is 5.02. The molecule has 1 saturated heterocycles. The summed E-state index contributed by atoms with van der Waals surface area (Å²) >= 11 is 5.38. The molecule has 28 heavy (non-hydrogen) atoms. The molecule has 0 unspecified atom stereocenters. The van der Waals surface area contributed by atoms with Crippen molar-refractivity contribution in [2.75, 3.05) is 13.1 Å². The van der Waals surface area contributed by atoms with E-state index in [4.69, 9.17) is 12.2 Å². The van der Waals surface area contributed by atoms with E-state index in [2.05, 4.69) is 33.6 Å². The molecule has 0 aliphatic carbocycles. The summed E-state index contributed by atoms with van der Waals surface area (Å²) in [5.41, 5.74) is 2.48. The van der Waals surface area contributed by atoms with Crippen molar-refractivity contribution in [1.29, 1.82) is 0 Å². The fourth-order valence-corrected chi connectivity index (χ4v) is 4.45. The van der Waals surface area contributed by atoms with E-state index in [1.807, 2.05) is 42.2 Å². The smallest absolute Gasteiger partial charge is 0.254 e. The fraction of sp³-hybridized carbons (Fsp3) is 0.429. The number of fused-ring (bicyclic) bond motifs is 1. The molecule has 1 amide bonds. The van der Waals surface area contributed by atoms with Crippen LogP contribution in [-0.4, -0.2) is 43.6 Å². The molecule has 1 aliphatic heterocycles. The monoisotopic (exact) mass is 395 g/mol. The van der Waals surface area contributed by atoms with E-state index in [1.54, 1.807) is 0 Å². The summed E-state index contributed by atoms with van der Waals surface area (Å²) in [6.07, 6.45) is 1.78. The summed E-state index contributed by atoms with van der Waals surface area (Å²) in [5.74, 6) is 1.41. The van der Waals surface area contributed by atoms with Crippen LogP contribution in [0.3, 0.4) is 0 Å². The van der Waals surface area contributed by atoms with Crippen molar-refractivity contribution < 1.29 is 4.79 Å². The van der Waals surface area contributed by atoms with E-state index >= 15 is 0 Å². The average Bonchev–Trinajstić information content (AvgIpc) is 3.08. The van der Waals surface area contributed by atoms with E-state index in [0.29, 0.717) is 10.7 Å². The van der Waals surface area contributed by atoms with Crippen molar-refractivity contribution >= 4 is 29.0 Å². The molecule has 0 spiro atoms. The van der Waals surface area contributed by atoms with Gasteiger partial charge in [-0.15, -0.1) is 0 Å². The maximum atomic E-state index is 13.2. The van der Waals surface area contributed by atoms with Crippen LogP contribution in [0.15, 0.2) is 30.3 Å². The third-order valence-electron chi connectivity index (χ3n) is 5.47. The van der Waals surface area contributed by atoms with Gasteiger partial charge in [0.15, 0.2) is 4.77 Å². The number of H-pyrrole nitrogens is 1. The third kappa shape index (κ3) is 3.35. The minimum atomic E-state index is 0.0860. The van der Waals surface area contributed by atoms with Crippen LogP contribution in [0, 0.1) is 11.7 Å². The minimum absolute atomic E-state index is 0.0860. The van der Waals surface area contributed by atoms with Gasteiger partial charge in [0, 0.05) is 36.1 Å². The van der Waals surface area contributed by atoms with Crippen LogP contribution >= 0.6 is 12.2 Å². The lowest BCUT2D eigenvalue weighted by atomic mass is 9.94. The van der Waals surface area contributed by atoms with Gasteiger partial charge in [0.1, 0.15) is 5.82 Å². The molecule has 4 rings (SSSR count). The van der Waals surface area contributed by atoms with Gasteiger partial charge in [-0.1, -0.05) is 18.2 Å². The zero-order valence-corrected chi connectivity index (χ0v) is 17.3. The number of carbonyl (C=O) groups excluding carboxylic acids is 1. The predicted molar refractivity (Wildman–Crippen MR) is 112 cm³/mol. The number of aromatic amines is 1. The molecule has 6 nitrogen and oxygen atoms in total. The Balaban J connectivity index is 1.55. The first-order chi connectivity index (χ1) is 13.5. The number of aryl methyl sites for hydroxylation is 1. The Morgan fingerprint density at radius 1 is 1.25 bits per heavy atom. The van der Waals surface area contributed by atoms with Crippen molar-refractivity contribution in [3.05, 3.63) is 52.2 Å². The highest BCUT2D eigenvalue weighted by molar-refractivity contribution is 7.71. The van der Waals surface area contributed by atoms with Crippen LogP contribution in [0.5, 0.6) is 0 Å². The number of pyridine rings is 1. The average molecular weight is 396 g/mol. The van der Waals surface area contributed by atoms with E-state index < -0.39 is 0 Å². The van der Waals surface area contributed by atoms with Crippen LogP contribution in [0.1, 0.15) is 60.5 Å². The number of para-hydroxylation sites is 1. The van der Waals surface area contributed by atoms with Gasteiger partial charge in [-0.2, -0.15) is 5.10 Å². The summed E-state index contributed by atoms with van der Waals surface area (Å²) in [4.78, 5) is 19.7. The molecule has 3 heterocycles. The number of benzene rings is 1. The minimum Gasteiger partial charge on any atom is -0.339 e. The van der Waals surface area contributed by atoms with Gasteiger partial charge in [-0.25, -0.2) is 0 Å². The number of hydrogen-bond donors (Lipinski definition) is 1. The van der Waals surface area contributed by atoms with Crippen LogP contribution in [0.2, 0.25) is 0 Å². The molecule has 3 aromatic rings. The molecule has 0 saturated carbocycles. The SMILES string of the molecule is Cc1cc(C(=O)N2CCC(c3n[nH]c(=S)n3C(C)C)CC2)c2ccccc2n1. The molecule has 1 aliphatic rings. The Bertz CT molecular complexity index is 1080. The first-order valence-electron chi connectivity index (χ1n) is 9.78. The topological polar surface area (TPSA) is 66.8 Å². The largest absolute Gasteiger partial charge is 0.339 e. The van der Waals surface area contributed by atoms with Crippen molar-refractivity contribution in [1.82, 2.24) is 24.6 Å². The van der Waals surface area contributed by atoms with Gasteiger partial charge in [0.25, 0.3) is 5.91 Å². The van der Waals surface area contributed by atoms with Crippen LogP contribution < -0.4 is 0 Å². The quantitative estimate of drug-likeness (QED) is 0.668. The summed E-state index contributed by atoms with van der Waals surface area (Å²) in [6.45, 7) is 7.60. The Morgan fingerprint density at radius 3 is 2.68 bits per heavy atom. The van der Waals surface area contributed by atoms with E-state index in [9.17, 15) is 4.79 Å². The molecule has 0 atom stereocenters. The normalized spacial score (nSPS) is 15.5. The van der Waals surface area contributed by atoms with Crippen LogP contribution in [0.25, 0.3) is 10.9 Å². The molecule has 146 valence electrons. The number of amides is 1. The maximum Gasteiger partial charge on any atom is 0.254 e. The number of nitrogens with one attached hydrogen (secondary N) is 1. The first-order valence-corrected chi connectivity index (χ1v) is 10.2. The summed E-state index contributed by atoms with van der Waals surface area (Å²) in [6, 6.07) is 10.0. The van der Waals surface area contributed by atoms with Crippen LogP contribution in [-0.2, 0) is 0 Å². The molecular formula is C21H25N5OS. The van der Waals surface area contributed by atoms with Gasteiger partial charge in [0.05, 0.1) is 11.1 Å². The number of nitrogens with zero attached hydrogens (tertiary/aromatic N) is 4. The number of likely N-dealkylation sites (tertiary alicyclic amines) is 1. The maximum absolute atomic E-state index is 13.2. The summed E-state index contributed by atoms with van der Waals surface area (Å²) in [5, 5.41) is 8.32. The molecule has 1 aromatic carbocycles. The number of piperidine rings is 1. The van der Waals surface area contributed by atoms with E-state index in [-0.39, 0.29) is 11.9 Å². The highest BCUT2D eigenvalue weighted by Crippen LogP contribution is 2.30. The standard InChI is InChI=1S/C21H25N5OS/c1-13(2)26-19(23-24-21(26)28)15-8-10-25(11-9-15)20(27)17-12-14(3)22-18-7-5-4-6-16(17)18/h4-7,12-13,15H,8-11H2,1-3H3,(H,24,28). The second-order valence-corrected chi connectivity index (χ2v) is 8.13. The van der Waals surface area contributed by atoms with Gasteiger partial charge >= 0.3 is 0 Å². The van der Waals surface area contributed by atoms with Crippen LogP contribution in [0.4, 0.5) is 0 Å². The van der Waals surface area contributed by atoms with Gasteiger partial charge in [-0.3, -0.25) is 14.9 Å². The lowest BCUT2D eigenvalue weighted by Crippen LogP contribution is -2.38.